The molecule has 3 heterocycles. The minimum atomic E-state index is -0.908. The third-order valence-corrected chi connectivity index (χ3v) is 5.96. The van der Waals surface area contributed by atoms with Crippen molar-refractivity contribution in [3.8, 4) is 11.5 Å². The molecule has 1 fully saturated rings. The highest BCUT2D eigenvalue weighted by Gasteiger charge is 2.26. The number of carbonyl (C=O) groups excluding carboxylic acids is 2. The second-order valence-electron chi connectivity index (χ2n) is 7.58. The Labute approximate surface area is 186 Å². The lowest BCUT2D eigenvalue weighted by Gasteiger charge is -2.28. The molecule has 1 aromatic carbocycles. The molecule has 32 heavy (non-hydrogen) atoms. The van der Waals surface area contributed by atoms with E-state index in [1.54, 1.807) is 0 Å². The highest BCUT2D eigenvalue weighted by molar-refractivity contribution is 7.08. The summed E-state index contributed by atoms with van der Waals surface area (Å²) in [7, 11) is 0. The molecule has 7 nitrogen and oxygen atoms in total. The van der Waals surface area contributed by atoms with Gasteiger partial charge in [0.15, 0.2) is 5.69 Å². The summed E-state index contributed by atoms with van der Waals surface area (Å²) >= 11 is 1.48. The molecule has 0 bridgehead atoms. The summed E-state index contributed by atoms with van der Waals surface area (Å²) in [6.07, 6.45) is 1.75. The summed E-state index contributed by atoms with van der Waals surface area (Å²) in [5, 5.41) is 15.9. The van der Waals surface area contributed by atoms with Crippen LogP contribution >= 0.6 is 11.3 Å². The number of aliphatic hydroxyl groups is 1. The molecule has 4 rings (SSSR count). The van der Waals surface area contributed by atoms with Gasteiger partial charge in [0.25, 0.3) is 5.91 Å². The number of carbonyl (C=O) groups is 2. The van der Waals surface area contributed by atoms with E-state index in [-0.39, 0.29) is 36.0 Å². The summed E-state index contributed by atoms with van der Waals surface area (Å²) in [6.45, 7) is 0.711. The third kappa shape index (κ3) is 5.03. The van der Waals surface area contributed by atoms with Gasteiger partial charge < -0.3 is 19.7 Å². The number of thiophene rings is 1. The molecular formula is C22H21F2N3O4S. The number of piperidine rings is 1. The number of likely N-dealkylation sites (tertiary alicyclic amines) is 1. The Hall–Kier alpha value is -3.11. The third-order valence-electron chi connectivity index (χ3n) is 5.23. The second-order valence-corrected chi connectivity index (χ2v) is 8.36. The van der Waals surface area contributed by atoms with Crippen molar-refractivity contribution >= 4 is 23.2 Å². The monoisotopic (exact) mass is 461 g/mol. The number of hydrogen-bond acceptors (Lipinski definition) is 6. The van der Waals surface area contributed by atoms with Gasteiger partial charge in [-0.3, -0.25) is 9.59 Å². The van der Waals surface area contributed by atoms with Gasteiger partial charge in [-0.2, -0.15) is 11.3 Å². The summed E-state index contributed by atoms with van der Waals surface area (Å²) in [5.74, 6) is -2.83. The van der Waals surface area contributed by atoms with Gasteiger partial charge in [0.2, 0.25) is 11.8 Å². The van der Waals surface area contributed by atoms with Crippen LogP contribution in [0.3, 0.4) is 0 Å². The maximum Gasteiger partial charge on any atom is 0.275 e. The van der Waals surface area contributed by atoms with Crippen LogP contribution in [0.2, 0.25) is 0 Å². The van der Waals surface area contributed by atoms with Crippen LogP contribution in [0.4, 0.5) is 8.78 Å². The largest absolute Gasteiger partial charge is 0.443 e. The highest BCUT2D eigenvalue weighted by atomic mass is 32.1. The van der Waals surface area contributed by atoms with Crippen molar-refractivity contribution in [2.45, 2.75) is 31.9 Å². The van der Waals surface area contributed by atoms with Gasteiger partial charge in [-0.25, -0.2) is 13.8 Å². The summed E-state index contributed by atoms with van der Waals surface area (Å²) in [5.41, 5.74) is 0.582. The smallest absolute Gasteiger partial charge is 0.275 e. The van der Waals surface area contributed by atoms with Gasteiger partial charge in [-0.1, -0.05) is 0 Å². The maximum absolute atomic E-state index is 14.7. The summed E-state index contributed by atoms with van der Waals surface area (Å²) in [4.78, 5) is 30.0. The molecule has 0 unspecified atom stereocenters. The van der Waals surface area contributed by atoms with Gasteiger partial charge in [0.1, 0.15) is 23.5 Å². The van der Waals surface area contributed by atoms with Gasteiger partial charge in [-0.05, 0) is 52.9 Å². The van der Waals surface area contributed by atoms with Crippen molar-refractivity contribution in [3.05, 3.63) is 63.7 Å². The van der Waals surface area contributed by atoms with E-state index in [1.165, 1.54) is 16.2 Å². The number of aromatic nitrogens is 1. The molecule has 10 heteroatoms. The number of hydrogen-bond donors (Lipinski definition) is 2. The second kappa shape index (κ2) is 9.58. The fraction of sp³-hybridized carbons (Fsp3) is 0.318. The molecule has 1 aliphatic rings. The Morgan fingerprint density at radius 3 is 2.59 bits per heavy atom. The standard InChI is InChI=1S/C22H21F2N3O4S/c23-16-7-14(10-25-19(29)9-13-3-6-32-12-13)8-17(24)20(16)21-26-18(11-31-21)22(30)27-4-1-15(28)2-5-27/h3,6-8,11-12,15,28H,1-2,4-5,9-10H2,(H,25,29). The zero-order valence-corrected chi connectivity index (χ0v) is 17.8. The molecule has 0 radical (unpaired) electrons. The topological polar surface area (TPSA) is 95.7 Å². The van der Waals surface area contributed by atoms with E-state index in [0.29, 0.717) is 25.9 Å². The summed E-state index contributed by atoms with van der Waals surface area (Å²) in [6, 6.07) is 4.03. The Morgan fingerprint density at radius 1 is 1.22 bits per heavy atom. The Balaban J connectivity index is 1.43. The first-order chi connectivity index (χ1) is 15.4. The Bertz CT molecular complexity index is 1090. The van der Waals surface area contributed by atoms with Crippen LogP contribution in [-0.2, 0) is 17.8 Å². The van der Waals surface area contributed by atoms with Gasteiger partial charge in [0, 0.05) is 19.6 Å². The Kier molecular flexibility index (Phi) is 6.61. The minimum absolute atomic E-state index is 0.0345. The SMILES string of the molecule is O=C(Cc1ccsc1)NCc1cc(F)c(-c2nc(C(=O)N3CCC(O)CC3)co2)c(F)c1. The van der Waals surface area contributed by atoms with E-state index >= 15 is 0 Å². The zero-order valence-electron chi connectivity index (χ0n) is 17.0. The molecule has 1 saturated heterocycles. The highest BCUT2D eigenvalue weighted by Crippen LogP contribution is 2.27. The number of oxazole rings is 1. The average Bonchev–Trinajstić information content (AvgIpc) is 3.44. The van der Waals surface area contributed by atoms with Crippen molar-refractivity contribution in [2.24, 2.45) is 0 Å². The maximum atomic E-state index is 14.7. The minimum Gasteiger partial charge on any atom is -0.443 e. The molecule has 2 aromatic heterocycles. The Morgan fingerprint density at radius 2 is 1.94 bits per heavy atom. The van der Waals surface area contributed by atoms with Crippen molar-refractivity contribution in [1.82, 2.24) is 15.2 Å². The van der Waals surface area contributed by atoms with Gasteiger partial charge in [0.05, 0.1) is 12.5 Å². The molecule has 0 spiro atoms. The lowest BCUT2D eigenvalue weighted by atomic mass is 10.1. The van der Waals surface area contributed by atoms with Crippen LogP contribution in [-0.4, -0.2) is 46.0 Å². The zero-order chi connectivity index (χ0) is 22.7. The van der Waals surface area contributed by atoms with Crippen molar-refractivity contribution < 1.29 is 27.9 Å². The summed E-state index contributed by atoms with van der Waals surface area (Å²) < 4.78 is 34.5. The fourth-order valence-electron chi connectivity index (χ4n) is 3.49. The van der Waals surface area contributed by atoms with Crippen molar-refractivity contribution in [1.29, 1.82) is 0 Å². The predicted molar refractivity (Wildman–Crippen MR) is 113 cm³/mol. The van der Waals surface area contributed by atoms with E-state index < -0.39 is 29.2 Å². The lowest BCUT2D eigenvalue weighted by Crippen LogP contribution is -2.40. The molecule has 1 aliphatic heterocycles. The van der Waals surface area contributed by atoms with Crippen LogP contribution in [0.1, 0.15) is 34.5 Å². The van der Waals surface area contributed by atoms with Crippen LogP contribution in [0, 0.1) is 11.6 Å². The number of rotatable bonds is 6. The average molecular weight is 461 g/mol. The van der Waals surface area contributed by atoms with E-state index in [0.717, 1.165) is 24.0 Å². The number of aliphatic hydroxyl groups excluding tert-OH is 1. The molecular weight excluding hydrogens is 440 g/mol. The van der Waals surface area contributed by atoms with Crippen LogP contribution < -0.4 is 5.32 Å². The van der Waals surface area contributed by atoms with Crippen molar-refractivity contribution in [2.75, 3.05) is 13.1 Å². The first-order valence-corrected chi connectivity index (χ1v) is 11.0. The van der Waals surface area contributed by atoms with E-state index in [2.05, 4.69) is 10.3 Å². The van der Waals surface area contributed by atoms with Crippen LogP contribution in [0.25, 0.3) is 11.5 Å². The quantitative estimate of drug-likeness (QED) is 0.588. The van der Waals surface area contributed by atoms with Gasteiger partial charge >= 0.3 is 0 Å². The molecule has 0 saturated carbocycles. The van der Waals surface area contributed by atoms with E-state index in [9.17, 15) is 23.5 Å². The molecule has 3 aromatic rings. The number of benzene rings is 1. The fourth-order valence-corrected chi connectivity index (χ4v) is 4.16. The number of amides is 2. The first kappa shape index (κ1) is 22.1. The van der Waals surface area contributed by atoms with E-state index in [4.69, 9.17) is 4.42 Å². The normalized spacial score (nSPS) is 14.5. The molecule has 2 amide bonds. The lowest BCUT2D eigenvalue weighted by molar-refractivity contribution is -0.120. The van der Waals surface area contributed by atoms with Crippen molar-refractivity contribution in [3.63, 3.8) is 0 Å². The first-order valence-electron chi connectivity index (χ1n) is 10.1. The van der Waals surface area contributed by atoms with Gasteiger partial charge in [-0.15, -0.1) is 0 Å². The number of nitrogens with zero attached hydrogens (tertiary/aromatic N) is 2. The van der Waals surface area contributed by atoms with Crippen LogP contribution in [0.5, 0.6) is 0 Å². The number of nitrogens with one attached hydrogen (secondary N) is 1. The number of halogens is 2. The molecule has 0 atom stereocenters. The predicted octanol–water partition coefficient (Wildman–Crippen LogP) is 3.14. The van der Waals surface area contributed by atoms with Crippen LogP contribution in [0.15, 0.2) is 39.6 Å². The molecule has 2 N–H and O–H groups in total. The van der Waals surface area contributed by atoms with E-state index in [1.807, 2.05) is 16.8 Å². The molecule has 0 aliphatic carbocycles. The molecule has 168 valence electrons.